The summed E-state index contributed by atoms with van der Waals surface area (Å²) in [7, 11) is 4.43. The summed E-state index contributed by atoms with van der Waals surface area (Å²) in [5.74, 6) is 0.851. The number of benzene rings is 1. The highest BCUT2D eigenvalue weighted by Gasteiger charge is 2.18. The molecule has 0 radical (unpaired) electrons. The number of likely N-dealkylation sites (tertiary alicyclic amines) is 1. The predicted octanol–water partition coefficient (Wildman–Crippen LogP) is 2.35. The zero-order valence-corrected chi connectivity index (χ0v) is 12.5. The molecule has 2 N–H and O–H groups in total. The van der Waals surface area contributed by atoms with Gasteiger partial charge < -0.3 is 15.5 Å². The van der Waals surface area contributed by atoms with Crippen LogP contribution in [0.3, 0.4) is 0 Å². The van der Waals surface area contributed by atoms with Gasteiger partial charge in [0, 0.05) is 18.8 Å². The molecule has 1 saturated heterocycles. The van der Waals surface area contributed by atoms with E-state index in [0.29, 0.717) is 0 Å². The summed E-state index contributed by atoms with van der Waals surface area (Å²) in [6.45, 7) is 6.74. The number of nitrogens with two attached hydrogens (primary N) is 1. The van der Waals surface area contributed by atoms with E-state index in [2.05, 4.69) is 49.0 Å². The maximum absolute atomic E-state index is 5.97. The van der Waals surface area contributed by atoms with Gasteiger partial charge >= 0.3 is 0 Å². The van der Waals surface area contributed by atoms with E-state index in [9.17, 15) is 0 Å². The van der Waals surface area contributed by atoms with Crippen molar-refractivity contribution in [1.82, 2.24) is 9.80 Å². The van der Waals surface area contributed by atoms with Crippen LogP contribution >= 0.6 is 0 Å². The van der Waals surface area contributed by atoms with Gasteiger partial charge in [0.2, 0.25) is 0 Å². The van der Waals surface area contributed by atoms with Crippen molar-refractivity contribution in [2.45, 2.75) is 26.3 Å². The molecule has 1 fully saturated rings. The van der Waals surface area contributed by atoms with Gasteiger partial charge in [-0.2, -0.15) is 0 Å². The summed E-state index contributed by atoms with van der Waals surface area (Å²) in [5, 5.41) is 0. The summed E-state index contributed by atoms with van der Waals surface area (Å²) < 4.78 is 0. The van der Waals surface area contributed by atoms with Gasteiger partial charge in [-0.3, -0.25) is 0 Å². The van der Waals surface area contributed by atoms with E-state index in [1.54, 1.807) is 0 Å². The molecule has 2 rings (SSSR count). The number of rotatable bonds is 4. The first kappa shape index (κ1) is 14.4. The van der Waals surface area contributed by atoms with Crippen molar-refractivity contribution in [3.8, 4) is 0 Å². The largest absolute Gasteiger partial charge is 0.399 e. The van der Waals surface area contributed by atoms with Crippen molar-refractivity contribution < 1.29 is 0 Å². The molecule has 1 aromatic carbocycles. The molecule has 0 spiro atoms. The summed E-state index contributed by atoms with van der Waals surface area (Å²) >= 11 is 0. The van der Waals surface area contributed by atoms with Crippen molar-refractivity contribution in [3.05, 3.63) is 29.3 Å². The van der Waals surface area contributed by atoms with E-state index in [1.165, 1.54) is 43.6 Å². The molecule has 1 aromatic rings. The van der Waals surface area contributed by atoms with Gasteiger partial charge in [-0.15, -0.1) is 0 Å². The number of nitrogens with zero attached hydrogens (tertiary/aromatic N) is 2. The van der Waals surface area contributed by atoms with E-state index in [1.807, 2.05) is 0 Å². The van der Waals surface area contributed by atoms with E-state index >= 15 is 0 Å². The second-order valence-corrected chi connectivity index (χ2v) is 6.13. The first-order chi connectivity index (χ1) is 9.04. The summed E-state index contributed by atoms with van der Waals surface area (Å²) in [5.41, 5.74) is 9.37. The normalized spacial score (nSPS) is 18.1. The molecule has 19 heavy (non-hydrogen) atoms. The smallest absolute Gasteiger partial charge is 0.0346 e. The molecule has 1 aliphatic heterocycles. The van der Waals surface area contributed by atoms with Crippen LogP contribution in [0, 0.1) is 12.8 Å². The Morgan fingerprint density at radius 3 is 2.63 bits per heavy atom. The molecule has 0 amide bonds. The first-order valence-electron chi connectivity index (χ1n) is 7.26. The number of hydrogen-bond acceptors (Lipinski definition) is 3. The van der Waals surface area contributed by atoms with E-state index in [4.69, 9.17) is 5.73 Å². The molecule has 0 unspecified atom stereocenters. The second kappa shape index (κ2) is 6.40. The third-order valence-electron chi connectivity index (χ3n) is 4.20. The summed E-state index contributed by atoms with van der Waals surface area (Å²) in [6.07, 6.45) is 2.66. The molecule has 0 atom stereocenters. The predicted molar refractivity (Wildman–Crippen MR) is 82.1 cm³/mol. The van der Waals surface area contributed by atoms with Crippen LogP contribution in [0.1, 0.15) is 24.0 Å². The highest BCUT2D eigenvalue weighted by molar-refractivity contribution is 5.48. The Balaban J connectivity index is 1.83. The average Bonchev–Trinajstić information content (AvgIpc) is 2.37. The minimum Gasteiger partial charge on any atom is -0.399 e. The number of hydrogen-bond donors (Lipinski definition) is 1. The Bertz CT molecular complexity index is 408. The Hall–Kier alpha value is -1.06. The Morgan fingerprint density at radius 1 is 1.32 bits per heavy atom. The SMILES string of the molecule is Cc1ccc(CN(C)CC2CCN(C)CC2)cc1N. The van der Waals surface area contributed by atoms with Gasteiger partial charge in [-0.05, 0) is 70.1 Å². The minimum absolute atomic E-state index is 0.851. The fourth-order valence-corrected chi connectivity index (χ4v) is 2.85. The van der Waals surface area contributed by atoms with E-state index < -0.39 is 0 Å². The highest BCUT2D eigenvalue weighted by Crippen LogP contribution is 2.19. The molecule has 1 heterocycles. The third kappa shape index (κ3) is 4.22. The first-order valence-corrected chi connectivity index (χ1v) is 7.26. The van der Waals surface area contributed by atoms with Crippen LogP contribution in [-0.4, -0.2) is 43.5 Å². The van der Waals surface area contributed by atoms with Crippen LogP contribution < -0.4 is 5.73 Å². The number of nitrogen functional groups attached to an aromatic ring is 1. The van der Waals surface area contributed by atoms with Crippen LogP contribution in [0.2, 0.25) is 0 Å². The van der Waals surface area contributed by atoms with Gasteiger partial charge in [0.25, 0.3) is 0 Å². The van der Waals surface area contributed by atoms with Crippen LogP contribution in [0.4, 0.5) is 5.69 Å². The zero-order chi connectivity index (χ0) is 13.8. The molecule has 1 aliphatic rings. The van der Waals surface area contributed by atoms with Crippen molar-refractivity contribution in [1.29, 1.82) is 0 Å². The van der Waals surface area contributed by atoms with Crippen LogP contribution in [-0.2, 0) is 6.54 Å². The zero-order valence-electron chi connectivity index (χ0n) is 12.5. The lowest BCUT2D eigenvalue weighted by Crippen LogP contribution is -2.35. The van der Waals surface area contributed by atoms with Gasteiger partial charge in [0.1, 0.15) is 0 Å². The van der Waals surface area contributed by atoms with Gasteiger partial charge in [0.05, 0.1) is 0 Å². The van der Waals surface area contributed by atoms with Crippen LogP contribution in [0.15, 0.2) is 18.2 Å². The average molecular weight is 261 g/mol. The molecular weight excluding hydrogens is 234 g/mol. The molecule has 106 valence electrons. The van der Waals surface area contributed by atoms with Gasteiger partial charge in [0.15, 0.2) is 0 Å². The Kier molecular flexibility index (Phi) is 4.83. The van der Waals surface area contributed by atoms with Crippen molar-refractivity contribution in [3.63, 3.8) is 0 Å². The second-order valence-electron chi connectivity index (χ2n) is 6.13. The van der Waals surface area contributed by atoms with Crippen molar-refractivity contribution >= 4 is 5.69 Å². The van der Waals surface area contributed by atoms with Crippen molar-refractivity contribution in [2.75, 3.05) is 39.5 Å². The topological polar surface area (TPSA) is 32.5 Å². The maximum Gasteiger partial charge on any atom is 0.0346 e. The highest BCUT2D eigenvalue weighted by atomic mass is 15.1. The van der Waals surface area contributed by atoms with Crippen LogP contribution in [0.5, 0.6) is 0 Å². The quantitative estimate of drug-likeness (QED) is 0.845. The molecule has 0 saturated carbocycles. The monoisotopic (exact) mass is 261 g/mol. The van der Waals surface area contributed by atoms with Crippen LogP contribution in [0.25, 0.3) is 0 Å². The van der Waals surface area contributed by atoms with E-state index in [-0.39, 0.29) is 0 Å². The lowest BCUT2D eigenvalue weighted by molar-refractivity contribution is 0.173. The lowest BCUT2D eigenvalue weighted by atomic mass is 9.96. The molecule has 0 aliphatic carbocycles. The number of anilines is 1. The standard InChI is InChI=1S/C16H27N3/c1-13-4-5-15(10-16(13)17)12-19(3)11-14-6-8-18(2)9-7-14/h4-5,10,14H,6-9,11-12,17H2,1-3H3. The summed E-state index contributed by atoms with van der Waals surface area (Å²) in [6, 6.07) is 6.42. The fourth-order valence-electron chi connectivity index (χ4n) is 2.85. The third-order valence-corrected chi connectivity index (χ3v) is 4.20. The molecule has 0 bridgehead atoms. The molecular formula is C16H27N3. The lowest BCUT2D eigenvalue weighted by Gasteiger charge is -2.31. The van der Waals surface area contributed by atoms with E-state index in [0.717, 1.165) is 18.2 Å². The summed E-state index contributed by atoms with van der Waals surface area (Å²) in [4.78, 5) is 4.86. The minimum atomic E-state index is 0.851. The molecule has 3 heteroatoms. The molecule has 3 nitrogen and oxygen atoms in total. The van der Waals surface area contributed by atoms with Crippen molar-refractivity contribution in [2.24, 2.45) is 5.92 Å². The number of aryl methyl sites for hydroxylation is 1. The number of piperidine rings is 1. The molecule has 0 aromatic heterocycles. The fraction of sp³-hybridized carbons (Fsp3) is 0.625. The Morgan fingerprint density at radius 2 is 2.00 bits per heavy atom. The Labute approximate surface area is 117 Å². The van der Waals surface area contributed by atoms with Gasteiger partial charge in [-0.1, -0.05) is 12.1 Å². The maximum atomic E-state index is 5.97. The van der Waals surface area contributed by atoms with Gasteiger partial charge in [-0.25, -0.2) is 0 Å².